The smallest absolute Gasteiger partial charge is 0.346 e. The molecule has 0 amide bonds. The minimum atomic E-state index is -0.967. The van der Waals surface area contributed by atoms with Crippen LogP contribution in [0.3, 0.4) is 0 Å². The molecule has 0 aromatic heterocycles. The predicted molar refractivity (Wildman–Crippen MR) is 67.9 cm³/mol. The van der Waals surface area contributed by atoms with Crippen LogP contribution in [0.5, 0.6) is 5.75 Å². The van der Waals surface area contributed by atoms with Gasteiger partial charge in [0.25, 0.3) is 0 Å². The molecule has 0 aliphatic rings. The maximum Gasteiger partial charge on any atom is 0.346 e. The average molecular weight is 339 g/mol. The highest BCUT2D eigenvalue weighted by Crippen LogP contribution is 2.38. The summed E-state index contributed by atoms with van der Waals surface area (Å²) < 4.78 is 9.99. The summed E-state index contributed by atoms with van der Waals surface area (Å²) >= 11 is 8.81. The summed E-state index contributed by atoms with van der Waals surface area (Å²) in [6.07, 6.45) is -0.967. The van der Waals surface area contributed by atoms with Gasteiger partial charge in [0.15, 0.2) is 6.10 Å². The Labute approximate surface area is 116 Å². The van der Waals surface area contributed by atoms with Crippen LogP contribution in [-0.4, -0.2) is 24.1 Å². The monoisotopic (exact) mass is 337 g/mol. The first-order chi connectivity index (χ1) is 8.36. The van der Waals surface area contributed by atoms with Crippen molar-refractivity contribution in [2.24, 2.45) is 0 Å². The molecule has 1 rings (SSSR count). The fourth-order valence-electron chi connectivity index (χ4n) is 1.19. The maximum absolute atomic E-state index is 11.2. The maximum atomic E-state index is 11.2. The molecule has 0 saturated heterocycles. The fraction of sp³-hybridized carbons (Fsp3) is 0.300. The number of nitro benzene ring substituents is 1. The topological polar surface area (TPSA) is 78.7 Å². The van der Waals surface area contributed by atoms with Crippen molar-refractivity contribution < 1.29 is 19.2 Å². The molecule has 0 radical (unpaired) electrons. The number of nitro groups is 1. The third-order valence-electron chi connectivity index (χ3n) is 2.01. The van der Waals surface area contributed by atoms with Crippen LogP contribution in [0, 0.1) is 10.1 Å². The lowest BCUT2D eigenvalue weighted by Crippen LogP contribution is -2.25. The molecule has 6 nitrogen and oxygen atoms in total. The van der Waals surface area contributed by atoms with E-state index in [1.807, 2.05) is 0 Å². The van der Waals surface area contributed by atoms with E-state index >= 15 is 0 Å². The van der Waals surface area contributed by atoms with Gasteiger partial charge >= 0.3 is 11.7 Å². The Kier molecular flexibility index (Phi) is 4.92. The SMILES string of the molecule is COC(=O)[C@@H](C)Oc1c(Br)cc(Cl)cc1[N+](=O)[O-]. The van der Waals surface area contributed by atoms with Crippen LogP contribution in [0.25, 0.3) is 0 Å². The second kappa shape index (κ2) is 6.01. The van der Waals surface area contributed by atoms with Crippen molar-refractivity contribution in [3.8, 4) is 5.75 Å². The normalized spacial score (nSPS) is 11.8. The van der Waals surface area contributed by atoms with Crippen molar-refractivity contribution in [3.05, 3.63) is 31.7 Å². The Morgan fingerprint density at radius 1 is 1.56 bits per heavy atom. The van der Waals surface area contributed by atoms with Crippen LogP contribution < -0.4 is 4.74 Å². The molecular formula is C10H9BrClNO5. The van der Waals surface area contributed by atoms with Crippen LogP contribution in [0.1, 0.15) is 6.92 Å². The second-order valence-electron chi connectivity index (χ2n) is 3.28. The number of hydrogen-bond acceptors (Lipinski definition) is 5. The third-order valence-corrected chi connectivity index (χ3v) is 2.82. The number of hydrogen-bond donors (Lipinski definition) is 0. The molecule has 0 aliphatic heterocycles. The lowest BCUT2D eigenvalue weighted by Gasteiger charge is -2.13. The molecular weight excluding hydrogens is 329 g/mol. The number of esters is 1. The summed E-state index contributed by atoms with van der Waals surface area (Å²) in [6, 6.07) is 2.58. The Morgan fingerprint density at radius 2 is 2.17 bits per heavy atom. The summed E-state index contributed by atoms with van der Waals surface area (Å²) in [6.45, 7) is 1.43. The number of benzene rings is 1. The Morgan fingerprint density at radius 3 is 2.67 bits per heavy atom. The molecule has 8 heteroatoms. The first-order valence-corrected chi connectivity index (χ1v) is 5.91. The molecule has 0 unspecified atom stereocenters. The van der Waals surface area contributed by atoms with Crippen molar-refractivity contribution in [1.29, 1.82) is 0 Å². The van der Waals surface area contributed by atoms with E-state index in [2.05, 4.69) is 20.7 Å². The van der Waals surface area contributed by atoms with Gasteiger partial charge in [-0.3, -0.25) is 10.1 Å². The van der Waals surface area contributed by atoms with E-state index in [0.29, 0.717) is 0 Å². The summed E-state index contributed by atoms with van der Waals surface area (Å²) in [4.78, 5) is 21.5. The lowest BCUT2D eigenvalue weighted by molar-refractivity contribution is -0.386. The zero-order chi connectivity index (χ0) is 13.9. The predicted octanol–water partition coefficient (Wildman–Crippen LogP) is 2.95. The number of carbonyl (C=O) groups is 1. The van der Waals surface area contributed by atoms with Crippen LogP contribution in [0.2, 0.25) is 5.02 Å². The van der Waals surface area contributed by atoms with Gasteiger partial charge in [0.05, 0.1) is 16.5 Å². The molecule has 0 heterocycles. The van der Waals surface area contributed by atoms with Crippen LogP contribution >= 0.6 is 27.5 Å². The molecule has 0 bridgehead atoms. The number of carbonyl (C=O) groups excluding carboxylic acids is 1. The summed E-state index contributed by atoms with van der Waals surface area (Å²) in [5.41, 5.74) is -0.329. The highest BCUT2D eigenvalue weighted by Gasteiger charge is 2.24. The number of halogens is 2. The van der Waals surface area contributed by atoms with E-state index < -0.39 is 17.0 Å². The highest BCUT2D eigenvalue weighted by atomic mass is 79.9. The van der Waals surface area contributed by atoms with Gasteiger partial charge < -0.3 is 9.47 Å². The molecule has 0 saturated carbocycles. The van der Waals surface area contributed by atoms with Crippen molar-refractivity contribution >= 4 is 39.2 Å². The molecule has 0 spiro atoms. The first kappa shape index (κ1) is 14.7. The Bertz CT molecular complexity index is 493. The van der Waals surface area contributed by atoms with Crippen LogP contribution in [0.15, 0.2) is 16.6 Å². The minimum Gasteiger partial charge on any atom is -0.471 e. The van der Waals surface area contributed by atoms with E-state index in [9.17, 15) is 14.9 Å². The van der Waals surface area contributed by atoms with Crippen molar-refractivity contribution in [1.82, 2.24) is 0 Å². The van der Waals surface area contributed by atoms with E-state index in [1.54, 1.807) is 0 Å². The van der Waals surface area contributed by atoms with Crippen molar-refractivity contribution in [2.45, 2.75) is 13.0 Å². The van der Waals surface area contributed by atoms with E-state index in [0.717, 1.165) is 6.07 Å². The zero-order valence-corrected chi connectivity index (χ0v) is 11.8. The molecule has 0 N–H and O–H groups in total. The zero-order valence-electron chi connectivity index (χ0n) is 9.48. The largest absolute Gasteiger partial charge is 0.471 e. The van der Waals surface area contributed by atoms with E-state index in [4.69, 9.17) is 16.3 Å². The number of rotatable bonds is 4. The Balaban J connectivity index is 3.15. The quantitative estimate of drug-likeness (QED) is 0.479. The summed E-state index contributed by atoms with van der Waals surface area (Å²) in [5, 5.41) is 11.1. The van der Waals surface area contributed by atoms with Gasteiger partial charge in [-0.25, -0.2) is 4.79 Å². The highest BCUT2D eigenvalue weighted by molar-refractivity contribution is 9.10. The first-order valence-electron chi connectivity index (χ1n) is 4.74. The molecule has 1 aromatic rings. The molecule has 1 atom stereocenters. The molecule has 98 valence electrons. The van der Waals surface area contributed by atoms with Crippen molar-refractivity contribution in [3.63, 3.8) is 0 Å². The van der Waals surface area contributed by atoms with Gasteiger partial charge in [0.1, 0.15) is 0 Å². The Hall–Kier alpha value is -1.34. The standard InChI is InChI=1S/C10H9BrClNO5/c1-5(10(14)17-2)18-9-7(11)3-6(12)4-8(9)13(15)16/h3-5H,1-2H3/t5-/m1/s1. The third kappa shape index (κ3) is 3.33. The van der Waals surface area contributed by atoms with Crippen LogP contribution in [-0.2, 0) is 9.53 Å². The second-order valence-corrected chi connectivity index (χ2v) is 4.57. The van der Waals surface area contributed by atoms with E-state index in [-0.39, 0.29) is 20.9 Å². The molecule has 1 aromatic carbocycles. The van der Waals surface area contributed by atoms with Crippen LogP contribution in [0.4, 0.5) is 5.69 Å². The van der Waals surface area contributed by atoms with Gasteiger partial charge in [-0.2, -0.15) is 0 Å². The molecule has 18 heavy (non-hydrogen) atoms. The van der Waals surface area contributed by atoms with E-state index in [1.165, 1.54) is 20.1 Å². The average Bonchev–Trinajstić information content (AvgIpc) is 2.30. The lowest BCUT2D eigenvalue weighted by atomic mass is 10.3. The van der Waals surface area contributed by atoms with Gasteiger partial charge in [0.2, 0.25) is 5.75 Å². The number of ether oxygens (including phenoxy) is 2. The van der Waals surface area contributed by atoms with Gasteiger partial charge in [-0.15, -0.1) is 0 Å². The van der Waals surface area contributed by atoms with Gasteiger partial charge in [-0.1, -0.05) is 11.6 Å². The number of nitrogens with zero attached hydrogens (tertiary/aromatic N) is 1. The van der Waals surface area contributed by atoms with Crippen molar-refractivity contribution in [2.75, 3.05) is 7.11 Å². The van der Waals surface area contributed by atoms with Gasteiger partial charge in [0, 0.05) is 11.1 Å². The fourth-order valence-corrected chi connectivity index (χ4v) is 2.08. The number of methoxy groups -OCH3 is 1. The minimum absolute atomic E-state index is 0.0673. The summed E-state index contributed by atoms with van der Waals surface area (Å²) in [7, 11) is 1.20. The van der Waals surface area contributed by atoms with Gasteiger partial charge in [-0.05, 0) is 28.9 Å². The summed E-state index contributed by atoms with van der Waals surface area (Å²) in [5.74, 6) is -0.701. The molecule has 0 aliphatic carbocycles. The molecule has 0 fully saturated rings.